The minimum atomic E-state index is -1.48. The average Bonchev–Trinajstić information content (AvgIpc) is 3.37. The van der Waals surface area contributed by atoms with Crippen LogP contribution < -0.4 is 5.69 Å². The van der Waals surface area contributed by atoms with Crippen molar-refractivity contribution in [2.45, 2.75) is 38.3 Å². The number of hydrogen-bond acceptors (Lipinski definition) is 7. The molecule has 5 rings (SSSR count). The number of aromatic amines is 1. The number of piperidine rings is 1. The van der Waals surface area contributed by atoms with E-state index in [0.29, 0.717) is 59.6 Å². The Morgan fingerprint density at radius 1 is 1.36 bits per heavy atom. The number of likely N-dealkylation sites (tertiary alicyclic amines) is 1. The third-order valence-electron chi connectivity index (χ3n) is 5.92. The molecule has 11 nitrogen and oxygen atoms in total. The van der Waals surface area contributed by atoms with Crippen molar-refractivity contribution in [3.8, 4) is 17.5 Å². The van der Waals surface area contributed by atoms with Crippen molar-refractivity contribution in [1.29, 1.82) is 5.26 Å². The van der Waals surface area contributed by atoms with E-state index in [1.807, 2.05) is 0 Å². The maximum atomic E-state index is 12.8. The maximum Gasteiger partial charge on any atom is 0.328 e. The molecule has 1 aliphatic rings. The Hall–Kier alpha value is -4.04. The first-order valence-corrected chi connectivity index (χ1v) is 10.6. The summed E-state index contributed by atoms with van der Waals surface area (Å²) in [5.74, 6) is 0.00984. The molecule has 33 heavy (non-hydrogen) atoms. The molecule has 0 saturated carbocycles. The topological polar surface area (TPSA) is 145 Å². The molecule has 1 aliphatic heterocycles. The zero-order valence-corrected chi connectivity index (χ0v) is 18.2. The summed E-state index contributed by atoms with van der Waals surface area (Å²) in [6, 6.07) is 5.20. The van der Waals surface area contributed by atoms with Crippen LogP contribution in [-0.2, 0) is 4.79 Å². The highest BCUT2D eigenvalue weighted by Gasteiger charge is 2.34. The second kappa shape index (κ2) is 7.53. The van der Waals surface area contributed by atoms with Crippen molar-refractivity contribution in [3.05, 3.63) is 46.8 Å². The fourth-order valence-corrected chi connectivity index (χ4v) is 4.34. The molecule has 0 radical (unpaired) electrons. The Labute approximate surface area is 187 Å². The fraction of sp³-hybridized carbons (Fsp3) is 0.364. The Balaban J connectivity index is 1.57. The molecule has 4 aromatic heterocycles. The molecule has 2 N–H and O–H groups in total. The first kappa shape index (κ1) is 20.8. The molecule has 11 heteroatoms. The number of rotatable bonds is 3. The van der Waals surface area contributed by atoms with Gasteiger partial charge in [0.15, 0.2) is 11.5 Å². The average molecular weight is 446 g/mol. The smallest absolute Gasteiger partial charge is 0.328 e. The zero-order valence-electron chi connectivity index (χ0n) is 18.2. The number of pyridine rings is 1. The predicted molar refractivity (Wildman–Crippen MR) is 118 cm³/mol. The van der Waals surface area contributed by atoms with Crippen LogP contribution in [0.4, 0.5) is 0 Å². The molecular formula is C22H22N8O3. The van der Waals surface area contributed by atoms with Crippen LogP contribution >= 0.6 is 0 Å². The number of nitriles is 1. The number of fused-ring (bicyclic) bond motifs is 2. The van der Waals surface area contributed by atoms with Crippen LogP contribution in [0.3, 0.4) is 0 Å². The van der Waals surface area contributed by atoms with Crippen molar-refractivity contribution in [3.63, 3.8) is 0 Å². The summed E-state index contributed by atoms with van der Waals surface area (Å²) in [6.45, 7) is 3.76. The SMILES string of the molecule is CC(C)(O)C(=O)N1CCC[C@H](n2c(=O)[nH]c3cnc(-c4cnn5ccc(C#N)cc45)nc32)C1. The van der Waals surface area contributed by atoms with Crippen molar-refractivity contribution in [2.24, 2.45) is 0 Å². The van der Waals surface area contributed by atoms with Gasteiger partial charge in [-0.25, -0.2) is 19.3 Å². The van der Waals surface area contributed by atoms with Crippen LogP contribution in [-0.4, -0.2) is 63.7 Å². The van der Waals surface area contributed by atoms with Gasteiger partial charge in [0.25, 0.3) is 5.91 Å². The number of imidazole rings is 1. The van der Waals surface area contributed by atoms with Gasteiger partial charge >= 0.3 is 5.69 Å². The third-order valence-corrected chi connectivity index (χ3v) is 5.92. The monoisotopic (exact) mass is 446 g/mol. The van der Waals surface area contributed by atoms with Gasteiger partial charge in [0.2, 0.25) is 0 Å². The quantitative estimate of drug-likeness (QED) is 0.481. The second-order valence-electron chi connectivity index (χ2n) is 8.75. The van der Waals surface area contributed by atoms with Gasteiger partial charge in [-0.05, 0) is 38.8 Å². The summed E-state index contributed by atoms with van der Waals surface area (Å²) < 4.78 is 3.20. The minimum Gasteiger partial charge on any atom is -0.381 e. The van der Waals surface area contributed by atoms with E-state index >= 15 is 0 Å². The van der Waals surface area contributed by atoms with E-state index < -0.39 is 5.60 Å². The van der Waals surface area contributed by atoms with Crippen molar-refractivity contribution < 1.29 is 9.90 Å². The highest BCUT2D eigenvalue weighted by atomic mass is 16.3. The number of nitrogens with one attached hydrogen (secondary N) is 1. The van der Waals surface area contributed by atoms with E-state index in [-0.39, 0.29) is 17.6 Å². The van der Waals surface area contributed by atoms with Gasteiger partial charge in [-0.15, -0.1) is 0 Å². The molecule has 0 aliphatic carbocycles. The van der Waals surface area contributed by atoms with Gasteiger partial charge in [-0.3, -0.25) is 9.36 Å². The molecule has 1 saturated heterocycles. The molecule has 4 aromatic rings. The van der Waals surface area contributed by atoms with Gasteiger partial charge in [0.05, 0.1) is 41.1 Å². The lowest BCUT2D eigenvalue weighted by molar-refractivity contribution is -0.149. The van der Waals surface area contributed by atoms with Crippen LogP contribution in [0.1, 0.15) is 38.3 Å². The summed E-state index contributed by atoms with van der Waals surface area (Å²) in [5.41, 5.74) is 0.920. The Bertz CT molecular complexity index is 1480. The molecule has 0 spiro atoms. The van der Waals surface area contributed by atoms with Crippen LogP contribution in [0.5, 0.6) is 0 Å². The lowest BCUT2D eigenvalue weighted by atomic mass is 10.0. The summed E-state index contributed by atoms with van der Waals surface area (Å²) in [7, 11) is 0. The summed E-state index contributed by atoms with van der Waals surface area (Å²) in [5, 5.41) is 23.7. The van der Waals surface area contributed by atoms with Gasteiger partial charge < -0.3 is 15.0 Å². The van der Waals surface area contributed by atoms with E-state index in [0.717, 1.165) is 0 Å². The van der Waals surface area contributed by atoms with E-state index in [1.165, 1.54) is 13.8 Å². The Morgan fingerprint density at radius 2 is 2.18 bits per heavy atom. The van der Waals surface area contributed by atoms with Crippen LogP contribution in [0, 0.1) is 11.3 Å². The van der Waals surface area contributed by atoms with Gasteiger partial charge in [-0.2, -0.15) is 10.4 Å². The first-order chi connectivity index (χ1) is 15.8. The molecule has 168 valence electrons. The molecule has 0 unspecified atom stereocenters. The summed E-state index contributed by atoms with van der Waals surface area (Å²) in [6.07, 6.45) is 6.27. The summed E-state index contributed by atoms with van der Waals surface area (Å²) in [4.78, 5) is 38.9. The number of nitrogens with zero attached hydrogens (tertiary/aromatic N) is 7. The normalized spacial score (nSPS) is 16.9. The Morgan fingerprint density at radius 3 is 2.94 bits per heavy atom. The molecule has 1 fully saturated rings. The van der Waals surface area contributed by atoms with Crippen molar-refractivity contribution >= 4 is 22.6 Å². The Kier molecular flexibility index (Phi) is 4.75. The van der Waals surface area contributed by atoms with Crippen LogP contribution in [0.2, 0.25) is 0 Å². The maximum absolute atomic E-state index is 12.8. The first-order valence-electron chi connectivity index (χ1n) is 10.6. The van der Waals surface area contributed by atoms with E-state index in [9.17, 15) is 20.0 Å². The molecule has 0 bridgehead atoms. The van der Waals surface area contributed by atoms with Gasteiger partial charge in [0.1, 0.15) is 11.1 Å². The minimum absolute atomic E-state index is 0.289. The second-order valence-corrected chi connectivity index (χ2v) is 8.75. The van der Waals surface area contributed by atoms with Gasteiger partial charge in [0, 0.05) is 19.3 Å². The summed E-state index contributed by atoms with van der Waals surface area (Å²) >= 11 is 0. The fourth-order valence-electron chi connectivity index (χ4n) is 4.34. The third kappa shape index (κ3) is 3.54. The highest BCUT2D eigenvalue weighted by molar-refractivity contribution is 5.84. The zero-order chi connectivity index (χ0) is 23.3. The number of aliphatic hydroxyl groups is 1. The predicted octanol–water partition coefficient (Wildman–Crippen LogP) is 1.24. The number of H-pyrrole nitrogens is 1. The standard InChI is InChI=1S/C22H22N8O3/c1-22(2,33)20(31)28-6-3-4-14(12-28)30-19-16(26-21(30)32)11-24-18(27-19)15-10-25-29-7-5-13(9-23)8-17(15)29/h5,7-8,10-11,14,33H,3-4,6,12H2,1-2H3,(H,26,32)/t14-/m0/s1. The van der Waals surface area contributed by atoms with Crippen molar-refractivity contribution in [1.82, 2.24) is 34.0 Å². The number of carbonyl (C=O) groups is 1. The number of amides is 1. The number of hydrogen-bond donors (Lipinski definition) is 2. The van der Waals surface area contributed by atoms with E-state index in [4.69, 9.17) is 0 Å². The van der Waals surface area contributed by atoms with E-state index in [1.54, 1.807) is 44.7 Å². The molecule has 0 aromatic carbocycles. The van der Waals surface area contributed by atoms with Crippen LogP contribution in [0.15, 0.2) is 35.5 Å². The number of aromatic nitrogens is 6. The lowest BCUT2D eigenvalue weighted by Gasteiger charge is -2.36. The van der Waals surface area contributed by atoms with Crippen molar-refractivity contribution in [2.75, 3.05) is 13.1 Å². The molecular weight excluding hydrogens is 424 g/mol. The molecule has 1 atom stereocenters. The lowest BCUT2D eigenvalue weighted by Crippen LogP contribution is -2.50. The largest absolute Gasteiger partial charge is 0.381 e. The number of carbonyl (C=O) groups excluding carboxylic acids is 1. The van der Waals surface area contributed by atoms with E-state index in [2.05, 4.69) is 26.1 Å². The highest BCUT2D eigenvalue weighted by Crippen LogP contribution is 2.27. The van der Waals surface area contributed by atoms with Gasteiger partial charge in [-0.1, -0.05) is 0 Å². The molecule has 1 amide bonds. The van der Waals surface area contributed by atoms with Crippen LogP contribution in [0.25, 0.3) is 28.1 Å². The molecule has 5 heterocycles.